The normalized spacial score (nSPS) is 20.4. The Bertz CT molecular complexity index is 530. The van der Waals surface area contributed by atoms with Gasteiger partial charge in [-0.25, -0.2) is 4.98 Å². The Hall–Kier alpha value is -1.39. The second-order valence-electron chi connectivity index (χ2n) is 4.80. The second-order valence-corrected chi connectivity index (χ2v) is 4.80. The summed E-state index contributed by atoms with van der Waals surface area (Å²) < 4.78 is 10.9. The summed E-state index contributed by atoms with van der Waals surface area (Å²) in [7, 11) is 0. The summed E-state index contributed by atoms with van der Waals surface area (Å²) >= 11 is 0. The summed E-state index contributed by atoms with van der Waals surface area (Å²) in [5, 5.41) is 3.47. The van der Waals surface area contributed by atoms with Crippen LogP contribution in [0.5, 0.6) is 0 Å². The third kappa shape index (κ3) is 2.54. The fourth-order valence-electron chi connectivity index (χ4n) is 2.39. The molecular formula is C14H18N2O2. The molecule has 1 saturated heterocycles. The van der Waals surface area contributed by atoms with Gasteiger partial charge in [0, 0.05) is 19.5 Å². The van der Waals surface area contributed by atoms with Gasteiger partial charge in [-0.2, -0.15) is 0 Å². The summed E-state index contributed by atoms with van der Waals surface area (Å²) in [6.07, 6.45) is 2.14. The molecule has 0 spiro atoms. The quantitative estimate of drug-likeness (QED) is 0.900. The topological polar surface area (TPSA) is 47.3 Å². The van der Waals surface area contributed by atoms with E-state index in [2.05, 4.69) is 22.4 Å². The Balaban J connectivity index is 1.66. The van der Waals surface area contributed by atoms with Crippen LogP contribution in [0.1, 0.15) is 17.9 Å². The predicted molar refractivity (Wildman–Crippen MR) is 69.7 cm³/mol. The molecule has 4 nitrogen and oxygen atoms in total. The van der Waals surface area contributed by atoms with Crippen LogP contribution in [0.25, 0.3) is 11.1 Å². The molecule has 1 aromatic heterocycles. The van der Waals surface area contributed by atoms with E-state index in [9.17, 15) is 0 Å². The molecule has 1 aliphatic heterocycles. The van der Waals surface area contributed by atoms with E-state index in [0.29, 0.717) is 6.04 Å². The third-order valence-electron chi connectivity index (χ3n) is 3.34. The number of benzene rings is 1. The first-order chi connectivity index (χ1) is 8.81. The van der Waals surface area contributed by atoms with Gasteiger partial charge in [0.05, 0.1) is 13.2 Å². The molecule has 0 amide bonds. The standard InChI is InChI=1S/C14H18N2O2/c1-10-16-13-8-11(3-5-14(13)18-10)2-4-12-9-17-7-6-15-12/h3,5,8,12,15H,2,4,6-7,9H2,1H3. The molecular weight excluding hydrogens is 228 g/mol. The first-order valence-electron chi connectivity index (χ1n) is 6.48. The van der Waals surface area contributed by atoms with Crippen molar-refractivity contribution in [3.05, 3.63) is 29.7 Å². The van der Waals surface area contributed by atoms with Crippen molar-refractivity contribution < 1.29 is 9.15 Å². The van der Waals surface area contributed by atoms with E-state index in [4.69, 9.17) is 9.15 Å². The van der Waals surface area contributed by atoms with Gasteiger partial charge < -0.3 is 14.5 Å². The number of hydrogen-bond acceptors (Lipinski definition) is 4. The van der Waals surface area contributed by atoms with E-state index in [1.807, 2.05) is 13.0 Å². The number of fused-ring (bicyclic) bond motifs is 1. The number of hydrogen-bond donors (Lipinski definition) is 1. The molecule has 1 atom stereocenters. The molecule has 96 valence electrons. The lowest BCUT2D eigenvalue weighted by Gasteiger charge is -2.23. The first-order valence-corrected chi connectivity index (χ1v) is 6.48. The summed E-state index contributed by atoms with van der Waals surface area (Å²) in [4.78, 5) is 4.36. The lowest BCUT2D eigenvalue weighted by molar-refractivity contribution is 0.0743. The first kappa shape index (κ1) is 11.7. The van der Waals surface area contributed by atoms with Crippen molar-refractivity contribution in [2.24, 2.45) is 0 Å². The van der Waals surface area contributed by atoms with Gasteiger partial charge in [0.15, 0.2) is 11.5 Å². The van der Waals surface area contributed by atoms with Gasteiger partial charge in [0.2, 0.25) is 0 Å². The summed E-state index contributed by atoms with van der Waals surface area (Å²) in [6, 6.07) is 6.73. The molecule has 1 unspecified atom stereocenters. The smallest absolute Gasteiger partial charge is 0.192 e. The van der Waals surface area contributed by atoms with Crippen molar-refractivity contribution in [1.29, 1.82) is 0 Å². The van der Waals surface area contributed by atoms with Crippen LogP contribution in [0.15, 0.2) is 22.6 Å². The maximum Gasteiger partial charge on any atom is 0.192 e. The zero-order valence-electron chi connectivity index (χ0n) is 10.6. The SMILES string of the molecule is Cc1nc2cc(CCC3COCCN3)ccc2o1. The second kappa shape index (κ2) is 5.08. The van der Waals surface area contributed by atoms with E-state index >= 15 is 0 Å². The van der Waals surface area contributed by atoms with E-state index < -0.39 is 0 Å². The maximum atomic E-state index is 5.47. The Labute approximate surface area is 106 Å². The van der Waals surface area contributed by atoms with Crippen LogP contribution in [0.4, 0.5) is 0 Å². The average Bonchev–Trinajstić information content (AvgIpc) is 2.77. The van der Waals surface area contributed by atoms with Crippen LogP contribution in [0.3, 0.4) is 0 Å². The summed E-state index contributed by atoms with van der Waals surface area (Å²) in [5.41, 5.74) is 3.14. The van der Waals surface area contributed by atoms with Crippen molar-refractivity contribution in [3.8, 4) is 0 Å². The van der Waals surface area contributed by atoms with E-state index in [1.54, 1.807) is 0 Å². The highest BCUT2D eigenvalue weighted by Gasteiger charge is 2.13. The molecule has 1 N–H and O–H groups in total. The van der Waals surface area contributed by atoms with Gasteiger partial charge in [-0.05, 0) is 30.5 Å². The monoisotopic (exact) mass is 246 g/mol. The molecule has 18 heavy (non-hydrogen) atoms. The Morgan fingerprint density at radius 3 is 3.22 bits per heavy atom. The van der Waals surface area contributed by atoms with Crippen LogP contribution in [-0.4, -0.2) is 30.8 Å². The minimum absolute atomic E-state index is 0.480. The Kier molecular flexibility index (Phi) is 3.30. The Morgan fingerprint density at radius 2 is 2.39 bits per heavy atom. The summed E-state index contributed by atoms with van der Waals surface area (Å²) in [5.74, 6) is 0.726. The van der Waals surface area contributed by atoms with Crippen molar-refractivity contribution in [1.82, 2.24) is 10.3 Å². The molecule has 0 radical (unpaired) electrons. The molecule has 0 bridgehead atoms. The number of ether oxygens (including phenoxy) is 1. The Morgan fingerprint density at radius 1 is 1.44 bits per heavy atom. The number of aromatic nitrogens is 1. The zero-order chi connectivity index (χ0) is 12.4. The highest BCUT2D eigenvalue weighted by Crippen LogP contribution is 2.18. The van der Waals surface area contributed by atoms with Crippen molar-refractivity contribution in [3.63, 3.8) is 0 Å². The number of aryl methyl sites for hydroxylation is 2. The van der Waals surface area contributed by atoms with Crippen LogP contribution in [0, 0.1) is 6.92 Å². The minimum atomic E-state index is 0.480. The number of nitrogens with one attached hydrogen (secondary N) is 1. The number of nitrogens with zero attached hydrogens (tertiary/aromatic N) is 1. The van der Waals surface area contributed by atoms with Crippen molar-refractivity contribution >= 4 is 11.1 Å². The largest absolute Gasteiger partial charge is 0.441 e. The maximum absolute atomic E-state index is 5.47. The van der Waals surface area contributed by atoms with Crippen LogP contribution < -0.4 is 5.32 Å². The average molecular weight is 246 g/mol. The highest BCUT2D eigenvalue weighted by atomic mass is 16.5. The number of rotatable bonds is 3. The molecule has 1 aliphatic rings. The molecule has 1 fully saturated rings. The lowest BCUT2D eigenvalue weighted by atomic mass is 10.0. The molecule has 0 saturated carbocycles. The van der Waals surface area contributed by atoms with Crippen molar-refractivity contribution in [2.75, 3.05) is 19.8 Å². The highest BCUT2D eigenvalue weighted by molar-refractivity contribution is 5.73. The van der Waals surface area contributed by atoms with Crippen LogP contribution in [-0.2, 0) is 11.2 Å². The van der Waals surface area contributed by atoms with Gasteiger partial charge in [0.1, 0.15) is 5.52 Å². The minimum Gasteiger partial charge on any atom is -0.441 e. The van der Waals surface area contributed by atoms with Crippen molar-refractivity contribution in [2.45, 2.75) is 25.8 Å². The van der Waals surface area contributed by atoms with Crippen LogP contribution in [0.2, 0.25) is 0 Å². The van der Waals surface area contributed by atoms with Gasteiger partial charge in [-0.3, -0.25) is 0 Å². The fourth-order valence-corrected chi connectivity index (χ4v) is 2.39. The van der Waals surface area contributed by atoms with Gasteiger partial charge in [0.25, 0.3) is 0 Å². The van der Waals surface area contributed by atoms with E-state index in [1.165, 1.54) is 5.56 Å². The van der Waals surface area contributed by atoms with Gasteiger partial charge in [-0.1, -0.05) is 6.07 Å². The van der Waals surface area contributed by atoms with E-state index in [0.717, 1.165) is 49.6 Å². The van der Waals surface area contributed by atoms with Gasteiger partial charge >= 0.3 is 0 Å². The van der Waals surface area contributed by atoms with Crippen LogP contribution >= 0.6 is 0 Å². The number of oxazole rings is 1. The molecule has 1 aromatic carbocycles. The fraction of sp³-hybridized carbons (Fsp3) is 0.500. The predicted octanol–water partition coefficient (Wildman–Crippen LogP) is 2.06. The zero-order valence-corrected chi connectivity index (χ0v) is 10.6. The molecule has 3 rings (SSSR count). The molecule has 4 heteroatoms. The summed E-state index contributed by atoms with van der Waals surface area (Å²) in [6.45, 7) is 4.50. The molecule has 2 heterocycles. The molecule has 0 aliphatic carbocycles. The lowest BCUT2D eigenvalue weighted by Crippen LogP contribution is -2.41. The third-order valence-corrected chi connectivity index (χ3v) is 3.34. The van der Waals surface area contributed by atoms with E-state index in [-0.39, 0.29) is 0 Å². The van der Waals surface area contributed by atoms with Gasteiger partial charge in [-0.15, -0.1) is 0 Å². The number of morpholine rings is 1. The molecule has 2 aromatic rings.